The standard InChI is InChI=1S/C15H24N4/c1-10(2)6-12(5)18-14-7-13-8-17-19(11(3)4)15(13)16-9-14/h7-12,18H,6H2,1-5H3. The van der Waals surface area contributed by atoms with Crippen LogP contribution in [0.5, 0.6) is 0 Å². The van der Waals surface area contributed by atoms with Crippen molar-refractivity contribution in [3.8, 4) is 0 Å². The quantitative estimate of drug-likeness (QED) is 0.887. The predicted molar refractivity (Wildman–Crippen MR) is 80.5 cm³/mol. The molecule has 0 radical (unpaired) electrons. The minimum absolute atomic E-state index is 0.337. The lowest BCUT2D eigenvalue weighted by atomic mass is 10.1. The largest absolute Gasteiger partial charge is 0.381 e. The van der Waals surface area contributed by atoms with Crippen LogP contribution in [0.4, 0.5) is 5.69 Å². The Bertz CT molecular complexity index is 542. The first-order valence-electron chi connectivity index (χ1n) is 7.07. The predicted octanol–water partition coefficient (Wildman–Crippen LogP) is 3.86. The Morgan fingerprint density at radius 3 is 2.53 bits per heavy atom. The molecule has 0 aliphatic rings. The summed E-state index contributed by atoms with van der Waals surface area (Å²) in [7, 11) is 0. The molecule has 0 saturated heterocycles. The third-order valence-electron chi connectivity index (χ3n) is 3.16. The maximum atomic E-state index is 4.53. The maximum Gasteiger partial charge on any atom is 0.158 e. The van der Waals surface area contributed by atoms with Crippen molar-refractivity contribution in [2.24, 2.45) is 5.92 Å². The first kappa shape index (κ1) is 13.8. The van der Waals surface area contributed by atoms with Crippen LogP contribution in [0.15, 0.2) is 18.5 Å². The van der Waals surface area contributed by atoms with Gasteiger partial charge in [0.15, 0.2) is 5.65 Å². The van der Waals surface area contributed by atoms with Crippen molar-refractivity contribution in [3.63, 3.8) is 0 Å². The first-order chi connectivity index (χ1) is 8.97. The van der Waals surface area contributed by atoms with Gasteiger partial charge in [-0.05, 0) is 39.2 Å². The van der Waals surface area contributed by atoms with Crippen LogP contribution in [0.3, 0.4) is 0 Å². The van der Waals surface area contributed by atoms with E-state index in [0.29, 0.717) is 18.0 Å². The van der Waals surface area contributed by atoms with E-state index in [1.54, 1.807) is 0 Å². The van der Waals surface area contributed by atoms with Gasteiger partial charge in [0.2, 0.25) is 0 Å². The molecule has 2 aromatic heterocycles. The van der Waals surface area contributed by atoms with Gasteiger partial charge < -0.3 is 5.32 Å². The van der Waals surface area contributed by atoms with Crippen LogP contribution in [0, 0.1) is 5.92 Å². The molecule has 0 aromatic carbocycles. The normalized spacial score (nSPS) is 13.4. The summed E-state index contributed by atoms with van der Waals surface area (Å²) < 4.78 is 1.96. The van der Waals surface area contributed by atoms with Gasteiger partial charge in [0, 0.05) is 17.5 Å². The zero-order valence-electron chi connectivity index (χ0n) is 12.5. The smallest absolute Gasteiger partial charge is 0.158 e. The van der Waals surface area contributed by atoms with Gasteiger partial charge in [-0.1, -0.05) is 13.8 Å². The molecule has 0 bridgehead atoms. The monoisotopic (exact) mass is 260 g/mol. The Labute approximate surface area is 115 Å². The van der Waals surface area contributed by atoms with Crippen LogP contribution in [-0.4, -0.2) is 20.8 Å². The lowest BCUT2D eigenvalue weighted by Crippen LogP contribution is -2.17. The van der Waals surface area contributed by atoms with Gasteiger partial charge in [-0.25, -0.2) is 9.67 Å². The van der Waals surface area contributed by atoms with Crippen LogP contribution < -0.4 is 5.32 Å². The molecule has 4 nitrogen and oxygen atoms in total. The number of hydrogen-bond donors (Lipinski definition) is 1. The lowest BCUT2D eigenvalue weighted by Gasteiger charge is -2.17. The van der Waals surface area contributed by atoms with Crippen molar-refractivity contribution in [3.05, 3.63) is 18.5 Å². The van der Waals surface area contributed by atoms with Crippen molar-refractivity contribution in [1.29, 1.82) is 0 Å². The Morgan fingerprint density at radius 1 is 1.16 bits per heavy atom. The molecular weight excluding hydrogens is 236 g/mol. The molecule has 4 heteroatoms. The highest BCUT2D eigenvalue weighted by Crippen LogP contribution is 2.20. The van der Waals surface area contributed by atoms with E-state index in [1.807, 2.05) is 17.1 Å². The first-order valence-corrected chi connectivity index (χ1v) is 7.07. The number of aromatic nitrogens is 3. The summed E-state index contributed by atoms with van der Waals surface area (Å²) in [6, 6.07) is 2.92. The Kier molecular flexibility index (Phi) is 4.08. The number of pyridine rings is 1. The second-order valence-corrected chi connectivity index (χ2v) is 5.99. The van der Waals surface area contributed by atoms with E-state index in [0.717, 1.165) is 23.1 Å². The number of fused-ring (bicyclic) bond motifs is 1. The molecule has 0 aliphatic carbocycles. The summed E-state index contributed by atoms with van der Waals surface area (Å²) in [5.74, 6) is 0.697. The van der Waals surface area contributed by atoms with Crippen LogP contribution in [0.25, 0.3) is 11.0 Å². The average Bonchev–Trinajstić information content (AvgIpc) is 2.70. The Hall–Kier alpha value is -1.58. The highest BCUT2D eigenvalue weighted by molar-refractivity contribution is 5.78. The number of hydrogen-bond acceptors (Lipinski definition) is 3. The fourth-order valence-corrected chi connectivity index (χ4v) is 2.45. The van der Waals surface area contributed by atoms with E-state index in [-0.39, 0.29) is 0 Å². The highest BCUT2D eigenvalue weighted by Gasteiger charge is 2.09. The van der Waals surface area contributed by atoms with Gasteiger partial charge in [-0.2, -0.15) is 5.10 Å². The van der Waals surface area contributed by atoms with Crippen molar-refractivity contribution >= 4 is 16.7 Å². The van der Waals surface area contributed by atoms with E-state index in [9.17, 15) is 0 Å². The van der Waals surface area contributed by atoms with Crippen molar-refractivity contribution in [2.45, 2.75) is 53.1 Å². The molecule has 1 N–H and O–H groups in total. The van der Waals surface area contributed by atoms with Crippen LogP contribution in [-0.2, 0) is 0 Å². The maximum absolute atomic E-state index is 4.53. The summed E-state index contributed by atoms with van der Waals surface area (Å²) in [6.45, 7) is 10.9. The van der Waals surface area contributed by atoms with E-state index in [2.05, 4.69) is 56.1 Å². The second-order valence-electron chi connectivity index (χ2n) is 5.99. The molecule has 2 heterocycles. The molecule has 1 atom stereocenters. The molecule has 0 saturated carbocycles. The number of nitrogens with one attached hydrogen (secondary N) is 1. The van der Waals surface area contributed by atoms with Gasteiger partial charge in [0.05, 0.1) is 18.1 Å². The van der Waals surface area contributed by atoms with Crippen LogP contribution >= 0.6 is 0 Å². The minimum Gasteiger partial charge on any atom is -0.381 e. The van der Waals surface area contributed by atoms with Gasteiger partial charge in [-0.15, -0.1) is 0 Å². The van der Waals surface area contributed by atoms with E-state index >= 15 is 0 Å². The van der Waals surface area contributed by atoms with Gasteiger partial charge in [0.25, 0.3) is 0 Å². The van der Waals surface area contributed by atoms with Gasteiger partial charge >= 0.3 is 0 Å². The fourth-order valence-electron chi connectivity index (χ4n) is 2.45. The van der Waals surface area contributed by atoms with E-state index in [4.69, 9.17) is 0 Å². The molecule has 2 aromatic rings. The molecule has 0 aliphatic heterocycles. The number of rotatable bonds is 5. The minimum atomic E-state index is 0.337. The fraction of sp³-hybridized carbons (Fsp3) is 0.600. The highest BCUT2D eigenvalue weighted by atomic mass is 15.3. The number of anilines is 1. The zero-order chi connectivity index (χ0) is 14.0. The third-order valence-corrected chi connectivity index (χ3v) is 3.16. The van der Waals surface area contributed by atoms with E-state index in [1.165, 1.54) is 0 Å². The van der Waals surface area contributed by atoms with Crippen molar-refractivity contribution in [2.75, 3.05) is 5.32 Å². The Balaban J connectivity index is 2.18. The topological polar surface area (TPSA) is 42.7 Å². The molecule has 2 rings (SSSR count). The van der Waals surface area contributed by atoms with Crippen molar-refractivity contribution < 1.29 is 0 Å². The van der Waals surface area contributed by atoms with Crippen LogP contribution in [0.1, 0.15) is 47.1 Å². The summed E-state index contributed by atoms with van der Waals surface area (Å²) in [5.41, 5.74) is 2.03. The molecule has 104 valence electrons. The van der Waals surface area contributed by atoms with Gasteiger partial charge in [-0.3, -0.25) is 0 Å². The Morgan fingerprint density at radius 2 is 1.89 bits per heavy atom. The summed E-state index contributed by atoms with van der Waals surface area (Å²) in [5, 5.41) is 8.99. The molecule has 0 spiro atoms. The zero-order valence-corrected chi connectivity index (χ0v) is 12.5. The summed E-state index contributed by atoms with van der Waals surface area (Å²) in [4.78, 5) is 4.53. The molecular formula is C15H24N4. The molecule has 19 heavy (non-hydrogen) atoms. The SMILES string of the molecule is CC(C)CC(C)Nc1cnc2c(cnn2C(C)C)c1. The average molecular weight is 260 g/mol. The molecule has 1 unspecified atom stereocenters. The second kappa shape index (κ2) is 5.59. The lowest BCUT2D eigenvalue weighted by molar-refractivity contribution is 0.539. The summed E-state index contributed by atoms with van der Waals surface area (Å²) in [6.07, 6.45) is 4.95. The third kappa shape index (κ3) is 3.25. The van der Waals surface area contributed by atoms with Crippen LogP contribution in [0.2, 0.25) is 0 Å². The van der Waals surface area contributed by atoms with Gasteiger partial charge in [0.1, 0.15) is 0 Å². The van der Waals surface area contributed by atoms with E-state index < -0.39 is 0 Å². The molecule has 0 fully saturated rings. The van der Waals surface area contributed by atoms with Crippen molar-refractivity contribution in [1.82, 2.24) is 14.8 Å². The molecule has 0 amide bonds. The summed E-state index contributed by atoms with van der Waals surface area (Å²) >= 11 is 0. The number of nitrogens with zero attached hydrogens (tertiary/aromatic N) is 3.